The highest BCUT2D eigenvalue weighted by atomic mass is 16.5. The Morgan fingerprint density at radius 3 is 2.45 bits per heavy atom. The van der Waals surface area contributed by atoms with Gasteiger partial charge in [-0.05, 0) is 32.0 Å². The van der Waals surface area contributed by atoms with E-state index >= 15 is 0 Å². The number of hydrogen-bond donors (Lipinski definition) is 1. The molecule has 0 heterocycles. The van der Waals surface area contributed by atoms with E-state index in [1.54, 1.807) is 39.2 Å². The van der Waals surface area contributed by atoms with Gasteiger partial charge in [0.1, 0.15) is 11.5 Å². The van der Waals surface area contributed by atoms with Gasteiger partial charge in [-0.15, -0.1) is 0 Å². The van der Waals surface area contributed by atoms with Crippen molar-refractivity contribution in [2.75, 3.05) is 27.3 Å². The predicted molar refractivity (Wildman–Crippen MR) is 83.2 cm³/mol. The van der Waals surface area contributed by atoms with Gasteiger partial charge < -0.3 is 14.4 Å². The van der Waals surface area contributed by atoms with Crippen LogP contribution < -0.4 is 14.9 Å². The minimum Gasteiger partial charge on any atom is -0.497 e. The Bertz CT molecular complexity index is 554. The number of hydrazone groups is 1. The monoisotopic (exact) mass is 307 g/mol. The Hall–Kier alpha value is -2.57. The molecule has 7 nitrogen and oxygen atoms in total. The van der Waals surface area contributed by atoms with E-state index in [-0.39, 0.29) is 0 Å². The summed E-state index contributed by atoms with van der Waals surface area (Å²) < 4.78 is 10.3. The van der Waals surface area contributed by atoms with Crippen molar-refractivity contribution in [1.29, 1.82) is 0 Å². The van der Waals surface area contributed by atoms with Crippen molar-refractivity contribution in [2.45, 2.75) is 13.8 Å². The number of ether oxygens (including phenoxy) is 2. The number of rotatable bonds is 6. The number of amides is 2. The van der Waals surface area contributed by atoms with E-state index in [0.717, 1.165) is 0 Å². The van der Waals surface area contributed by atoms with Crippen molar-refractivity contribution < 1.29 is 19.1 Å². The molecule has 1 aromatic rings. The molecule has 0 fully saturated rings. The summed E-state index contributed by atoms with van der Waals surface area (Å²) in [7, 11) is 3.08. The van der Waals surface area contributed by atoms with Gasteiger partial charge in [0.2, 0.25) is 0 Å². The van der Waals surface area contributed by atoms with Crippen LogP contribution in [0.2, 0.25) is 0 Å². The molecule has 0 spiro atoms. The van der Waals surface area contributed by atoms with Crippen molar-refractivity contribution in [3.63, 3.8) is 0 Å². The van der Waals surface area contributed by atoms with E-state index in [2.05, 4.69) is 10.5 Å². The number of hydrogen-bond acceptors (Lipinski definition) is 5. The third-order valence-electron chi connectivity index (χ3n) is 3.05. The third-order valence-corrected chi connectivity index (χ3v) is 3.05. The molecular weight excluding hydrogens is 286 g/mol. The SMILES string of the molecule is CCN(CC)C(=O)C(=O)NN=Cc1cc(OC)ccc1OC. The molecular formula is C15H21N3O4. The second kappa shape index (κ2) is 8.66. The van der Waals surface area contributed by atoms with E-state index in [0.29, 0.717) is 30.2 Å². The van der Waals surface area contributed by atoms with E-state index in [1.807, 2.05) is 0 Å². The maximum Gasteiger partial charge on any atom is 0.329 e. The fraction of sp³-hybridized carbons (Fsp3) is 0.400. The van der Waals surface area contributed by atoms with Crippen LogP contribution in [0.4, 0.5) is 0 Å². The summed E-state index contributed by atoms with van der Waals surface area (Å²) in [6, 6.07) is 5.18. The van der Waals surface area contributed by atoms with Crippen LogP contribution in [0.25, 0.3) is 0 Å². The number of benzene rings is 1. The molecule has 0 unspecified atom stereocenters. The second-order valence-corrected chi connectivity index (χ2v) is 4.28. The van der Waals surface area contributed by atoms with Gasteiger partial charge in [0.15, 0.2) is 0 Å². The fourth-order valence-electron chi connectivity index (χ4n) is 1.80. The van der Waals surface area contributed by atoms with E-state index in [1.165, 1.54) is 18.2 Å². The lowest BCUT2D eigenvalue weighted by Crippen LogP contribution is -2.41. The van der Waals surface area contributed by atoms with E-state index < -0.39 is 11.8 Å². The summed E-state index contributed by atoms with van der Waals surface area (Å²) in [4.78, 5) is 24.9. The van der Waals surface area contributed by atoms with Gasteiger partial charge in [0, 0.05) is 18.7 Å². The molecule has 1 aromatic carbocycles. The second-order valence-electron chi connectivity index (χ2n) is 4.28. The van der Waals surface area contributed by atoms with Crippen LogP contribution in [0, 0.1) is 0 Å². The van der Waals surface area contributed by atoms with Crippen LogP contribution in [-0.2, 0) is 9.59 Å². The fourth-order valence-corrected chi connectivity index (χ4v) is 1.80. The molecule has 0 bridgehead atoms. The molecule has 22 heavy (non-hydrogen) atoms. The highest BCUT2D eigenvalue weighted by molar-refractivity contribution is 6.34. The highest BCUT2D eigenvalue weighted by Crippen LogP contribution is 2.22. The van der Waals surface area contributed by atoms with Gasteiger partial charge in [-0.1, -0.05) is 0 Å². The van der Waals surface area contributed by atoms with Crippen molar-refractivity contribution >= 4 is 18.0 Å². The number of nitrogens with zero attached hydrogens (tertiary/aromatic N) is 2. The minimum absolute atomic E-state index is 0.468. The lowest BCUT2D eigenvalue weighted by molar-refractivity contribution is -0.145. The predicted octanol–water partition coefficient (Wildman–Crippen LogP) is 1.02. The molecule has 0 aliphatic carbocycles. The van der Waals surface area contributed by atoms with E-state index in [4.69, 9.17) is 9.47 Å². The normalized spacial score (nSPS) is 10.4. The molecule has 0 atom stereocenters. The Labute approximate surface area is 129 Å². The Kier molecular flexibility index (Phi) is 6.88. The number of likely N-dealkylation sites (N-methyl/N-ethyl adjacent to an activating group) is 1. The zero-order chi connectivity index (χ0) is 16.5. The Morgan fingerprint density at radius 1 is 1.23 bits per heavy atom. The smallest absolute Gasteiger partial charge is 0.329 e. The Morgan fingerprint density at radius 2 is 1.91 bits per heavy atom. The largest absolute Gasteiger partial charge is 0.497 e. The zero-order valence-electron chi connectivity index (χ0n) is 13.3. The summed E-state index contributed by atoms with van der Waals surface area (Å²) in [6.45, 7) is 4.55. The van der Waals surface area contributed by atoms with Crippen LogP contribution in [0.15, 0.2) is 23.3 Å². The quantitative estimate of drug-likeness (QED) is 0.483. The third kappa shape index (κ3) is 4.47. The average molecular weight is 307 g/mol. The first-order valence-electron chi connectivity index (χ1n) is 6.91. The van der Waals surface area contributed by atoms with Crippen LogP contribution in [0.3, 0.4) is 0 Å². The summed E-state index contributed by atoms with van der Waals surface area (Å²) in [5.41, 5.74) is 2.83. The molecule has 7 heteroatoms. The summed E-state index contributed by atoms with van der Waals surface area (Å²) >= 11 is 0. The zero-order valence-corrected chi connectivity index (χ0v) is 13.3. The number of methoxy groups -OCH3 is 2. The van der Waals surface area contributed by atoms with E-state index in [9.17, 15) is 9.59 Å². The molecule has 0 radical (unpaired) electrons. The topological polar surface area (TPSA) is 80.2 Å². The van der Waals surface area contributed by atoms with Gasteiger partial charge in [0.25, 0.3) is 0 Å². The van der Waals surface area contributed by atoms with Crippen molar-refractivity contribution in [3.8, 4) is 11.5 Å². The minimum atomic E-state index is -0.776. The van der Waals surface area contributed by atoms with Gasteiger partial charge in [-0.2, -0.15) is 5.10 Å². The molecule has 0 aliphatic heterocycles. The standard InChI is InChI=1S/C15H21N3O4/c1-5-18(6-2)15(20)14(19)17-16-10-11-9-12(21-3)7-8-13(11)22-4/h7-10H,5-6H2,1-4H3,(H,17,19). The average Bonchev–Trinajstić information content (AvgIpc) is 2.55. The first kappa shape index (κ1) is 17.5. The van der Waals surface area contributed by atoms with Crippen molar-refractivity contribution in [2.24, 2.45) is 5.10 Å². The first-order valence-corrected chi connectivity index (χ1v) is 6.91. The lowest BCUT2D eigenvalue weighted by atomic mass is 10.2. The van der Waals surface area contributed by atoms with Crippen LogP contribution >= 0.6 is 0 Å². The summed E-state index contributed by atoms with van der Waals surface area (Å²) in [5.74, 6) is -0.178. The maximum atomic E-state index is 11.8. The number of carbonyl (C=O) groups excluding carboxylic acids is 2. The highest BCUT2D eigenvalue weighted by Gasteiger charge is 2.18. The summed E-state index contributed by atoms with van der Waals surface area (Å²) in [6.07, 6.45) is 1.40. The van der Waals surface area contributed by atoms with Gasteiger partial charge in [0.05, 0.1) is 20.4 Å². The van der Waals surface area contributed by atoms with Gasteiger partial charge in [-0.3, -0.25) is 9.59 Å². The molecule has 1 N–H and O–H groups in total. The van der Waals surface area contributed by atoms with Crippen LogP contribution in [-0.4, -0.2) is 50.2 Å². The molecule has 1 rings (SSSR count). The molecule has 120 valence electrons. The first-order chi connectivity index (χ1) is 10.6. The molecule has 0 aliphatic rings. The number of nitrogens with one attached hydrogen (secondary N) is 1. The Balaban J connectivity index is 2.77. The molecule has 0 saturated carbocycles. The van der Waals surface area contributed by atoms with Crippen molar-refractivity contribution in [3.05, 3.63) is 23.8 Å². The van der Waals surface area contributed by atoms with Gasteiger partial charge >= 0.3 is 11.8 Å². The molecule has 0 aromatic heterocycles. The van der Waals surface area contributed by atoms with Gasteiger partial charge in [-0.25, -0.2) is 5.43 Å². The summed E-state index contributed by atoms with van der Waals surface area (Å²) in [5, 5.41) is 3.79. The maximum absolute atomic E-state index is 11.8. The molecule has 2 amide bonds. The van der Waals surface area contributed by atoms with Crippen LogP contribution in [0.1, 0.15) is 19.4 Å². The number of carbonyl (C=O) groups is 2. The van der Waals surface area contributed by atoms with Crippen LogP contribution in [0.5, 0.6) is 11.5 Å². The van der Waals surface area contributed by atoms with Crippen molar-refractivity contribution in [1.82, 2.24) is 10.3 Å². The molecule has 0 saturated heterocycles. The lowest BCUT2D eigenvalue weighted by Gasteiger charge is -2.16.